The topological polar surface area (TPSA) is 40.5 Å². The van der Waals surface area contributed by atoms with E-state index in [0.29, 0.717) is 11.6 Å². The highest BCUT2D eigenvalue weighted by Crippen LogP contribution is 2.34. The zero-order valence-corrected chi connectivity index (χ0v) is 10.1. The highest BCUT2D eigenvalue weighted by atomic mass is 35.5. The first-order valence-corrected chi connectivity index (χ1v) is 5.78. The maximum Gasteiger partial charge on any atom is 0.325 e. The van der Waals surface area contributed by atoms with Gasteiger partial charge in [-0.1, -0.05) is 17.7 Å². The normalized spacial score (nSPS) is 17.2. The first-order valence-electron chi connectivity index (χ1n) is 5.40. The Morgan fingerprint density at radius 3 is 2.71 bits per heavy atom. The number of carboxylic acid groups (broad SMARTS) is 1. The molecule has 1 unspecified atom stereocenters. The molecule has 3 nitrogen and oxygen atoms in total. The number of halogens is 2. The van der Waals surface area contributed by atoms with Crippen LogP contribution < -0.4 is 0 Å². The number of hydrogen-bond acceptors (Lipinski definition) is 2. The summed E-state index contributed by atoms with van der Waals surface area (Å²) < 4.78 is 13.0. The molecule has 1 saturated carbocycles. The van der Waals surface area contributed by atoms with Gasteiger partial charge in [0, 0.05) is 6.04 Å². The Bertz CT molecular complexity index is 448. The van der Waals surface area contributed by atoms with Crippen LogP contribution in [0.15, 0.2) is 18.2 Å². The van der Waals surface area contributed by atoms with E-state index in [9.17, 15) is 14.3 Å². The Balaban J connectivity index is 2.31. The molecule has 1 N–H and O–H groups in total. The van der Waals surface area contributed by atoms with Crippen molar-refractivity contribution < 1.29 is 14.3 Å². The van der Waals surface area contributed by atoms with Crippen LogP contribution in [0.2, 0.25) is 5.02 Å². The van der Waals surface area contributed by atoms with Crippen molar-refractivity contribution in [3.05, 3.63) is 34.6 Å². The number of carboxylic acids is 1. The summed E-state index contributed by atoms with van der Waals surface area (Å²) in [6, 6.07) is 3.60. The maximum absolute atomic E-state index is 13.0. The molecule has 1 fully saturated rings. The molecule has 0 radical (unpaired) electrons. The third-order valence-corrected chi connectivity index (χ3v) is 3.31. The lowest BCUT2D eigenvalue weighted by Gasteiger charge is -2.24. The minimum absolute atomic E-state index is 0.0436. The molecule has 17 heavy (non-hydrogen) atoms. The van der Waals surface area contributed by atoms with Gasteiger partial charge in [0.15, 0.2) is 0 Å². The molecule has 1 aliphatic carbocycles. The predicted molar refractivity (Wildman–Crippen MR) is 62.6 cm³/mol. The van der Waals surface area contributed by atoms with Gasteiger partial charge >= 0.3 is 5.97 Å². The standard InChI is InChI=1S/C12H13ClFNO2/c1-15(8-3-4-8)11(12(16)17)7-2-5-10(14)9(13)6-7/h2,5-6,8,11H,3-4H2,1H3,(H,16,17). The summed E-state index contributed by atoms with van der Waals surface area (Å²) in [7, 11) is 1.77. The third-order valence-electron chi connectivity index (χ3n) is 3.02. The first-order chi connectivity index (χ1) is 8.00. The lowest BCUT2D eigenvalue weighted by molar-refractivity contribution is -0.143. The van der Waals surface area contributed by atoms with Gasteiger partial charge in [-0.25, -0.2) is 4.39 Å². The minimum atomic E-state index is -0.943. The van der Waals surface area contributed by atoms with Crippen molar-refractivity contribution in [3.63, 3.8) is 0 Å². The summed E-state index contributed by atoms with van der Waals surface area (Å²) in [4.78, 5) is 13.1. The Kier molecular flexibility index (Phi) is 3.35. The van der Waals surface area contributed by atoms with E-state index in [0.717, 1.165) is 12.8 Å². The molecule has 0 heterocycles. The fourth-order valence-electron chi connectivity index (χ4n) is 1.93. The van der Waals surface area contributed by atoms with Gasteiger partial charge in [-0.2, -0.15) is 0 Å². The maximum atomic E-state index is 13.0. The fraction of sp³-hybridized carbons (Fsp3) is 0.417. The highest BCUT2D eigenvalue weighted by molar-refractivity contribution is 6.30. The molecule has 0 aliphatic heterocycles. The van der Waals surface area contributed by atoms with E-state index >= 15 is 0 Å². The average molecular weight is 258 g/mol. The summed E-state index contributed by atoms with van der Waals surface area (Å²) in [6.07, 6.45) is 2.02. The van der Waals surface area contributed by atoms with E-state index in [1.165, 1.54) is 18.2 Å². The lowest BCUT2D eigenvalue weighted by atomic mass is 10.1. The van der Waals surface area contributed by atoms with Crippen LogP contribution in [-0.4, -0.2) is 29.1 Å². The number of hydrogen-bond donors (Lipinski definition) is 1. The predicted octanol–water partition coefficient (Wildman–Crippen LogP) is 2.70. The van der Waals surface area contributed by atoms with E-state index in [4.69, 9.17) is 11.6 Å². The SMILES string of the molecule is CN(C1CC1)C(C(=O)O)c1ccc(F)c(Cl)c1. The van der Waals surface area contributed by atoms with Crippen molar-refractivity contribution in [2.45, 2.75) is 24.9 Å². The molecule has 1 aromatic carbocycles. The van der Waals surface area contributed by atoms with Crippen molar-refractivity contribution in [1.29, 1.82) is 0 Å². The molecule has 2 rings (SSSR count). The lowest BCUT2D eigenvalue weighted by Crippen LogP contribution is -2.32. The van der Waals surface area contributed by atoms with E-state index in [1.54, 1.807) is 11.9 Å². The Labute approximate surface area is 104 Å². The molecular formula is C12H13ClFNO2. The number of benzene rings is 1. The molecule has 0 amide bonds. The van der Waals surface area contributed by atoms with Crippen LogP contribution in [0.25, 0.3) is 0 Å². The second-order valence-electron chi connectivity index (χ2n) is 4.31. The summed E-state index contributed by atoms with van der Waals surface area (Å²) in [5.41, 5.74) is 0.512. The van der Waals surface area contributed by atoms with Crippen LogP contribution in [0, 0.1) is 5.82 Å². The fourth-order valence-corrected chi connectivity index (χ4v) is 2.12. The van der Waals surface area contributed by atoms with Crippen LogP contribution in [0.3, 0.4) is 0 Å². The van der Waals surface area contributed by atoms with Gasteiger partial charge in [0.2, 0.25) is 0 Å². The smallest absolute Gasteiger partial charge is 0.325 e. The first kappa shape index (κ1) is 12.3. The molecule has 0 bridgehead atoms. The molecule has 1 atom stereocenters. The van der Waals surface area contributed by atoms with Gasteiger partial charge in [-0.05, 0) is 37.6 Å². The van der Waals surface area contributed by atoms with Gasteiger partial charge in [-0.3, -0.25) is 9.69 Å². The summed E-state index contributed by atoms with van der Waals surface area (Å²) in [5, 5.41) is 9.21. The molecule has 5 heteroatoms. The largest absolute Gasteiger partial charge is 0.480 e. The van der Waals surface area contributed by atoms with Gasteiger partial charge < -0.3 is 5.11 Å². The van der Waals surface area contributed by atoms with Crippen molar-refractivity contribution in [3.8, 4) is 0 Å². The number of likely N-dealkylation sites (N-methyl/N-ethyl adjacent to an activating group) is 1. The van der Waals surface area contributed by atoms with E-state index in [2.05, 4.69) is 0 Å². The number of aliphatic carboxylic acids is 1. The van der Waals surface area contributed by atoms with Gasteiger partial charge in [-0.15, -0.1) is 0 Å². The Morgan fingerprint density at radius 2 is 2.24 bits per heavy atom. The summed E-state index contributed by atoms with van der Waals surface area (Å²) in [5.74, 6) is -1.48. The van der Waals surface area contributed by atoms with Crippen molar-refractivity contribution in [2.24, 2.45) is 0 Å². The average Bonchev–Trinajstić information content (AvgIpc) is 3.06. The molecule has 1 aliphatic rings. The summed E-state index contributed by atoms with van der Waals surface area (Å²) >= 11 is 5.68. The summed E-state index contributed by atoms with van der Waals surface area (Å²) in [6.45, 7) is 0. The molecule has 0 aromatic heterocycles. The molecule has 1 aromatic rings. The minimum Gasteiger partial charge on any atom is -0.480 e. The molecular weight excluding hydrogens is 245 g/mol. The van der Waals surface area contributed by atoms with Crippen molar-refractivity contribution in [2.75, 3.05) is 7.05 Å². The van der Waals surface area contributed by atoms with Gasteiger partial charge in [0.1, 0.15) is 11.9 Å². The van der Waals surface area contributed by atoms with Crippen LogP contribution >= 0.6 is 11.6 Å². The van der Waals surface area contributed by atoms with Crippen molar-refractivity contribution in [1.82, 2.24) is 4.90 Å². The van der Waals surface area contributed by atoms with Crippen LogP contribution in [0.1, 0.15) is 24.4 Å². The Hall–Kier alpha value is -1.13. The second-order valence-corrected chi connectivity index (χ2v) is 4.72. The highest BCUT2D eigenvalue weighted by Gasteiger charge is 2.35. The van der Waals surface area contributed by atoms with Crippen LogP contribution in [-0.2, 0) is 4.79 Å². The zero-order valence-electron chi connectivity index (χ0n) is 9.36. The van der Waals surface area contributed by atoms with Crippen LogP contribution in [0.4, 0.5) is 4.39 Å². The molecule has 0 spiro atoms. The van der Waals surface area contributed by atoms with Crippen molar-refractivity contribution >= 4 is 17.6 Å². The van der Waals surface area contributed by atoms with E-state index in [-0.39, 0.29) is 5.02 Å². The number of rotatable bonds is 4. The number of carbonyl (C=O) groups is 1. The van der Waals surface area contributed by atoms with E-state index < -0.39 is 17.8 Å². The third kappa shape index (κ3) is 2.58. The van der Waals surface area contributed by atoms with E-state index in [1.807, 2.05) is 0 Å². The second kappa shape index (κ2) is 4.63. The van der Waals surface area contributed by atoms with Gasteiger partial charge in [0.25, 0.3) is 0 Å². The van der Waals surface area contributed by atoms with Crippen LogP contribution in [0.5, 0.6) is 0 Å². The molecule has 0 saturated heterocycles. The Morgan fingerprint density at radius 1 is 1.59 bits per heavy atom. The quantitative estimate of drug-likeness (QED) is 0.902. The number of nitrogens with zero attached hydrogens (tertiary/aromatic N) is 1. The molecule has 92 valence electrons. The monoisotopic (exact) mass is 257 g/mol. The zero-order chi connectivity index (χ0) is 12.6. The van der Waals surface area contributed by atoms with Gasteiger partial charge in [0.05, 0.1) is 5.02 Å².